The van der Waals surface area contributed by atoms with Crippen LogP contribution in [-0.2, 0) is 4.74 Å². The third-order valence-electron chi connectivity index (χ3n) is 7.79. The zero-order valence-corrected chi connectivity index (χ0v) is 22.2. The molecule has 0 amide bonds. The first kappa shape index (κ1) is 23.7. The molecule has 2 atom stereocenters. The summed E-state index contributed by atoms with van der Waals surface area (Å²) in [7, 11) is 0. The van der Waals surface area contributed by atoms with Crippen molar-refractivity contribution in [1.29, 1.82) is 5.26 Å². The lowest BCUT2D eigenvalue weighted by Crippen LogP contribution is -2.65. The van der Waals surface area contributed by atoms with E-state index in [-0.39, 0.29) is 23.9 Å². The SMILES string of the molecule is [2H]c1ccc2c(N3C[C@H](CN4CCN(c5cccc(N6CC(C)(N)C6)n5)CC4)O[C@H](C)C3)ccc(C#N)c2n1. The Labute approximate surface area is 225 Å². The fourth-order valence-electron chi connectivity index (χ4n) is 6.01. The quantitative estimate of drug-likeness (QED) is 0.552. The van der Waals surface area contributed by atoms with E-state index in [2.05, 4.69) is 62.7 Å². The van der Waals surface area contributed by atoms with Gasteiger partial charge in [-0.2, -0.15) is 5.26 Å². The predicted molar refractivity (Wildman–Crippen MR) is 151 cm³/mol. The summed E-state index contributed by atoms with van der Waals surface area (Å²) in [6.45, 7) is 12.1. The van der Waals surface area contributed by atoms with Crippen molar-refractivity contribution in [2.24, 2.45) is 5.73 Å². The summed E-state index contributed by atoms with van der Waals surface area (Å²) in [5.74, 6) is 2.04. The van der Waals surface area contributed by atoms with Gasteiger partial charge in [0.25, 0.3) is 0 Å². The lowest BCUT2D eigenvalue weighted by Gasteiger charge is -2.46. The fraction of sp³-hybridized carbons (Fsp3) is 0.483. The van der Waals surface area contributed by atoms with E-state index in [4.69, 9.17) is 16.8 Å². The second kappa shape index (κ2) is 10.0. The highest BCUT2D eigenvalue weighted by molar-refractivity contribution is 5.95. The molecule has 0 bridgehead atoms. The molecule has 38 heavy (non-hydrogen) atoms. The molecule has 6 rings (SSSR count). The van der Waals surface area contributed by atoms with Gasteiger partial charge in [0.15, 0.2) is 0 Å². The zero-order chi connectivity index (χ0) is 27.1. The Morgan fingerprint density at radius 1 is 1.05 bits per heavy atom. The minimum Gasteiger partial charge on any atom is -0.370 e. The van der Waals surface area contributed by atoms with E-state index in [1.54, 1.807) is 6.07 Å². The van der Waals surface area contributed by atoms with Gasteiger partial charge in [-0.15, -0.1) is 0 Å². The average molecular weight is 514 g/mol. The first-order chi connectivity index (χ1) is 18.8. The number of fused-ring (bicyclic) bond motifs is 1. The number of morpholine rings is 1. The molecule has 0 unspecified atom stereocenters. The van der Waals surface area contributed by atoms with Crippen molar-refractivity contribution in [2.45, 2.75) is 31.6 Å². The molecule has 0 radical (unpaired) electrons. The molecule has 9 heteroatoms. The number of benzene rings is 1. The van der Waals surface area contributed by atoms with Crippen molar-refractivity contribution in [1.82, 2.24) is 14.9 Å². The molecule has 9 nitrogen and oxygen atoms in total. The van der Waals surface area contributed by atoms with Crippen molar-refractivity contribution in [2.75, 3.05) is 73.6 Å². The van der Waals surface area contributed by atoms with Crippen molar-refractivity contribution in [3.05, 3.63) is 54.2 Å². The average Bonchev–Trinajstić information content (AvgIpc) is 2.91. The number of nitrogens with two attached hydrogens (primary N) is 1. The molecule has 2 aromatic heterocycles. The lowest BCUT2D eigenvalue weighted by atomic mass is 9.94. The molecule has 5 heterocycles. The number of piperazine rings is 1. The van der Waals surface area contributed by atoms with E-state index < -0.39 is 0 Å². The Hall–Kier alpha value is -3.45. The lowest BCUT2D eigenvalue weighted by molar-refractivity contribution is -0.0327. The van der Waals surface area contributed by atoms with Crippen LogP contribution in [0.25, 0.3) is 10.9 Å². The van der Waals surface area contributed by atoms with Crippen molar-refractivity contribution < 1.29 is 6.11 Å². The van der Waals surface area contributed by atoms with Gasteiger partial charge in [-0.05, 0) is 50.2 Å². The molecule has 3 saturated heterocycles. The predicted octanol–water partition coefficient (Wildman–Crippen LogP) is 2.45. The van der Waals surface area contributed by atoms with Crippen LogP contribution in [0.1, 0.15) is 20.8 Å². The molecule has 0 spiro atoms. The van der Waals surface area contributed by atoms with Gasteiger partial charge >= 0.3 is 0 Å². The Morgan fingerprint density at radius 2 is 1.82 bits per heavy atom. The smallest absolute Gasteiger partial charge is 0.131 e. The summed E-state index contributed by atoms with van der Waals surface area (Å²) in [6.07, 6.45) is 0.334. The van der Waals surface area contributed by atoms with Crippen molar-refractivity contribution in [3.63, 3.8) is 0 Å². The number of ether oxygens (including phenoxy) is 1. The van der Waals surface area contributed by atoms with Gasteiger partial charge in [0, 0.05) is 81.7 Å². The summed E-state index contributed by atoms with van der Waals surface area (Å²) in [6, 6.07) is 15.9. The standard InChI is InChI=1S/C29H36N8O/c1-21-16-36(25-9-8-22(15-30)28-24(25)5-4-10-32-28)18-23(38-21)17-34-11-13-35(14-12-34)26-6-3-7-27(33-26)37-19-29(2,31)20-37/h3-10,21,23H,11-14,16-20,31H2,1-2H3/t21-,23+/m1/s1/i10D. The van der Waals surface area contributed by atoms with E-state index in [0.29, 0.717) is 11.1 Å². The van der Waals surface area contributed by atoms with Gasteiger partial charge in [-0.25, -0.2) is 4.98 Å². The fourth-order valence-corrected chi connectivity index (χ4v) is 6.01. The van der Waals surface area contributed by atoms with Crippen LogP contribution < -0.4 is 20.4 Å². The molecule has 0 saturated carbocycles. The molecule has 198 valence electrons. The summed E-state index contributed by atoms with van der Waals surface area (Å²) in [5.41, 5.74) is 8.22. The highest BCUT2D eigenvalue weighted by atomic mass is 16.5. The molecule has 3 fully saturated rings. The van der Waals surface area contributed by atoms with Crippen LogP contribution in [0.2, 0.25) is 0 Å². The number of anilines is 3. The number of rotatable bonds is 5. The Morgan fingerprint density at radius 3 is 2.55 bits per heavy atom. The summed E-state index contributed by atoms with van der Waals surface area (Å²) >= 11 is 0. The second-order valence-electron chi connectivity index (χ2n) is 11.2. The number of pyridine rings is 2. The topological polar surface area (TPSA) is 97.8 Å². The van der Waals surface area contributed by atoms with Gasteiger partial charge < -0.3 is 25.2 Å². The monoisotopic (exact) mass is 513 g/mol. The molecular weight excluding hydrogens is 476 g/mol. The molecule has 2 N–H and O–H groups in total. The number of hydrogen-bond donors (Lipinski definition) is 1. The number of aromatic nitrogens is 2. The second-order valence-corrected chi connectivity index (χ2v) is 11.2. The number of hydrogen-bond acceptors (Lipinski definition) is 9. The van der Waals surface area contributed by atoms with E-state index >= 15 is 0 Å². The number of nitriles is 1. The van der Waals surface area contributed by atoms with Gasteiger partial charge in [-0.3, -0.25) is 9.88 Å². The Bertz CT molecular complexity index is 1390. The number of nitrogens with zero attached hydrogens (tertiary/aromatic N) is 7. The van der Waals surface area contributed by atoms with E-state index in [0.717, 1.165) is 81.6 Å². The molecule has 1 aromatic carbocycles. The van der Waals surface area contributed by atoms with Crippen molar-refractivity contribution >= 4 is 28.2 Å². The van der Waals surface area contributed by atoms with Crippen LogP contribution >= 0.6 is 0 Å². The van der Waals surface area contributed by atoms with Crippen LogP contribution in [0.5, 0.6) is 0 Å². The Kier molecular flexibility index (Phi) is 6.24. The Balaban J connectivity index is 1.09. The molecule has 3 aliphatic heterocycles. The molecule has 3 aromatic rings. The maximum atomic E-state index is 9.55. The maximum absolute atomic E-state index is 9.55. The highest BCUT2D eigenvalue weighted by Crippen LogP contribution is 2.31. The minimum atomic E-state index is -0.118. The van der Waals surface area contributed by atoms with Gasteiger partial charge in [0.05, 0.1) is 24.7 Å². The van der Waals surface area contributed by atoms with Crippen molar-refractivity contribution in [3.8, 4) is 6.07 Å². The molecule has 3 aliphatic rings. The third-order valence-corrected chi connectivity index (χ3v) is 7.79. The van der Waals surface area contributed by atoms with Gasteiger partial charge in [0.1, 0.15) is 17.7 Å². The first-order valence-electron chi connectivity index (χ1n) is 14.0. The summed E-state index contributed by atoms with van der Waals surface area (Å²) in [5, 5.41) is 10.5. The largest absolute Gasteiger partial charge is 0.370 e. The van der Waals surface area contributed by atoms with Crippen LogP contribution in [-0.4, -0.2) is 91.5 Å². The minimum absolute atomic E-state index is 0.0767. The van der Waals surface area contributed by atoms with E-state index in [1.165, 1.54) is 0 Å². The molecular formula is C29H36N8O. The van der Waals surface area contributed by atoms with E-state index in [9.17, 15) is 5.26 Å². The summed E-state index contributed by atoms with van der Waals surface area (Å²) in [4.78, 5) is 18.7. The van der Waals surface area contributed by atoms with Crippen LogP contribution in [0.3, 0.4) is 0 Å². The first-order valence-corrected chi connectivity index (χ1v) is 13.5. The zero-order valence-electron chi connectivity index (χ0n) is 23.2. The normalized spacial score (nSPS) is 24.2. The highest BCUT2D eigenvalue weighted by Gasteiger charge is 2.36. The van der Waals surface area contributed by atoms with Crippen LogP contribution in [0.15, 0.2) is 48.6 Å². The maximum Gasteiger partial charge on any atom is 0.131 e. The summed E-state index contributed by atoms with van der Waals surface area (Å²) < 4.78 is 14.3. The van der Waals surface area contributed by atoms with Gasteiger partial charge in [0.2, 0.25) is 0 Å². The molecule has 0 aliphatic carbocycles. The van der Waals surface area contributed by atoms with Crippen LogP contribution in [0.4, 0.5) is 17.3 Å². The third kappa shape index (κ3) is 4.99. The van der Waals surface area contributed by atoms with Crippen LogP contribution in [0, 0.1) is 11.3 Å². The van der Waals surface area contributed by atoms with E-state index in [1.807, 2.05) is 18.2 Å². The van der Waals surface area contributed by atoms with Gasteiger partial charge in [-0.1, -0.05) is 6.07 Å².